The second-order valence-electron chi connectivity index (χ2n) is 5.57. The third-order valence-electron chi connectivity index (χ3n) is 1.65. The Morgan fingerprint density at radius 1 is 1.35 bits per heavy atom. The van der Waals surface area contributed by atoms with Gasteiger partial charge < -0.3 is 4.74 Å². The van der Waals surface area contributed by atoms with E-state index in [4.69, 9.17) is 12.5 Å². The highest BCUT2D eigenvalue weighted by Crippen LogP contribution is 2.09. The Kier molecular flexibility index (Phi) is 5.17. The van der Waals surface area contributed by atoms with Crippen LogP contribution in [0.2, 0.25) is 0 Å². The number of rotatable bonds is 1. The van der Waals surface area contributed by atoms with Crippen LogP contribution in [0.1, 0.15) is 42.9 Å². The van der Waals surface area contributed by atoms with E-state index < -0.39 is 0 Å². The first-order chi connectivity index (χ1) is 8.06. The zero-order valence-corrected chi connectivity index (χ0v) is 11.6. The molecule has 4 nitrogen and oxygen atoms in total. The van der Waals surface area contributed by atoms with Crippen molar-refractivity contribution in [2.24, 2.45) is 0 Å². The summed E-state index contributed by atoms with van der Waals surface area (Å²) in [5, 5.41) is 7.33. The smallest absolute Gasteiger partial charge is 0.108 e. The minimum atomic E-state index is -0.0909. The Morgan fingerprint density at radius 3 is 2.12 bits per heavy atom. The first-order valence-corrected chi connectivity index (χ1v) is 5.53. The van der Waals surface area contributed by atoms with Gasteiger partial charge in [-0.2, -0.15) is 0 Å². The molecule has 0 N–H and O–H groups in total. The second kappa shape index (κ2) is 6.41. The molecule has 0 spiro atoms. The maximum absolute atomic E-state index is 7.10. The molecule has 96 valence electrons. The van der Waals surface area contributed by atoms with Crippen LogP contribution in [-0.4, -0.2) is 27.2 Å². The van der Waals surface area contributed by atoms with Crippen molar-refractivity contribution in [1.82, 2.24) is 15.0 Å². The van der Waals surface area contributed by atoms with Crippen LogP contribution in [0.3, 0.4) is 0 Å². The van der Waals surface area contributed by atoms with Gasteiger partial charge in [0.05, 0.1) is 18.7 Å². The summed E-state index contributed by atoms with van der Waals surface area (Å²) in [6.07, 6.45) is 6.79. The van der Waals surface area contributed by atoms with E-state index in [-0.39, 0.29) is 17.3 Å². The Bertz CT molecular complexity index is 394. The second-order valence-corrected chi connectivity index (χ2v) is 5.57. The molecular weight excluding hydrogens is 214 g/mol. The van der Waals surface area contributed by atoms with Gasteiger partial charge in [-0.25, -0.2) is 4.68 Å². The molecule has 1 aromatic rings. The van der Waals surface area contributed by atoms with Crippen LogP contribution in [-0.2, 0) is 10.3 Å². The van der Waals surface area contributed by atoms with Crippen molar-refractivity contribution >= 4 is 0 Å². The van der Waals surface area contributed by atoms with E-state index in [0.717, 1.165) is 0 Å². The molecule has 4 heteroatoms. The maximum Gasteiger partial charge on any atom is 0.108 e. The fraction of sp³-hybridized carbons (Fsp3) is 0.692. The van der Waals surface area contributed by atoms with Crippen molar-refractivity contribution in [2.45, 2.75) is 52.7 Å². The number of hydrogen-bond donors (Lipinski definition) is 0. The predicted molar refractivity (Wildman–Crippen MR) is 69.6 cm³/mol. The normalized spacial score (nSPS) is 12.2. The molecule has 0 amide bonds. The van der Waals surface area contributed by atoms with Crippen molar-refractivity contribution in [3.05, 3.63) is 12.4 Å². The fourth-order valence-electron chi connectivity index (χ4n) is 0.766. The summed E-state index contributed by atoms with van der Waals surface area (Å²) in [4.78, 5) is 0. The van der Waals surface area contributed by atoms with E-state index in [1.165, 1.54) is 0 Å². The molecule has 1 aromatic heterocycles. The monoisotopic (exact) mass is 239 g/mol. The van der Waals surface area contributed by atoms with Gasteiger partial charge in [0.1, 0.15) is 6.61 Å². The first kappa shape index (κ1) is 13.7. The molecule has 17 heavy (non-hydrogen) atoms. The van der Waals surface area contributed by atoms with Crippen LogP contribution in [0.15, 0.2) is 12.4 Å². The molecule has 0 aliphatic carbocycles. The van der Waals surface area contributed by atoms with Crippen molar-refractivity contribution < 1.29 is 6.11 Å². The third kappa shape index (κ3) is 8.47. The van der Waals surface area contributed by atoms with Gasteiger partial charge in [0, 0.05) is 6.20 Å². The maximum atomic E-state index is 7.10. The average Bonchev–Trinajstić information content (AvgIpc) is 2.61. The van der Waals surface area contributed by atoms with Gasteiger partial charge >= 0.3 is 0 Å². The van der Waals surface area contributed by atoms with Gasteiger partial charge in [-0.15, -0.1) is 11.5 Å². The highest BCUT2D eigenvalue weighted by Gasteiger charge is 2.11. The molecule has 1 rings (SSSR count). The zero-order valence-electron chi connectivity index (χ0n) is 12.6. The molecule has 0 fully saturated rings. The van der Waals surface area contributed by atoms with Gasteiger partial charge in [-0.05, 0) is 41.5 Å². The molecule has 0 atom stereocenters. The van der Waals surface area contributed by atoms with E-state index in [1.807, 2.05) is 41.5 Å². The summed E-state index contributed by atoms with van der Waals surface area (Å²) in [5.74, 6) is 2.40. The van der Waals surface area contributed by atoms with Gasteiger partial charge in [-0.1, -0.05) is 11.1 Å². The Hall–Kier alpha value is -1.34. The topological polar surface area (TPSA) is 39.9 Å². The number of hydrogen-bond acceptors (Lipinski definition) is 3. The van der Waals surface area contributed by atoms with E-state index in [0.29, 0.717) is 6.61 Å². The fourth-order valence-corrected chi connectivity index (χ4v) is 0.766. The highest BCUT2D eigenvalue weighted by molar-refractivity contribution is 4.84. The zero-order chi connectivity index (χ0) is 14.4. The predicted octanol–water partition coefficient (Wildman–Crippen LogP) is 2.47. The number of nitrogens with zero attached hydrogens (tertiary/aromatic N) is 3. The number of aromatic nitrogens is 3. The molecule has 0 radical (unpaired) electrons. The largest absolute Gasteiger partial charge is 0.363 e. The number of terminal acetylenes is 1. The lowest BCUT2D eigenvalue weighted by atomic mass is 10.1. The highest BCUT2D eigenvalue weighted by atomic mass is 16.5. The Balaban J connectivity index is 0.000000331. The molecule has 0 aromatic carbocycles. The summed E-state index contributed by atoms with van der Waals surface area (Å²) in [6.45, 7) is 12.4. The molecule has 1 heterocycles. The van der Waals surface area contributed by atoms with Crippen molar-refractivity contribution in [3.8, 4) is 12.3 Å². The lowest BCUT2D eigenvalue weighted by molar-refractivity contribution is 0.0182. The lowest BCUT2D eigenvalue weighted by Gasteiger charge is -2.17. The Labute approximate surface area is 106 Å². The third-order valence-corrected chi connectivity index (χ3v) is 1.65. The van der Waals surface area contributed by atoms with Crippen molar-refractivity contribution in [2.75, 3.05) is 6.61 Å². The van der Waals surface area contributed by atoms with Gasteiger partial charge in [0.25, 0.3) is 0 Å². The minimum absolute atomic E-state index is 0.0632. The molecule has 0 aliphatic heterocycles. The van der Waals surface area contributed by atoms with Crippen LogP contribution in [0.25, 0.3) is 0 Å². The van der Waals surface area contributed by atoms with Crippen LogP contribution in [0, 0.1) is 12.3 Å². The summed E-state index contributed by atoms with van der Waals surface area (Å²) < 4.78 is 13.9. The minimum Gasteiger partial charge on any atom is -0.363 e. The molecule has 0 saturated heterocycles. The van der Waals surface area contributed by atoms with E-state index >= 15 is 0 Å². The van der Waals surface area contributed by atoms with E-state index in [9.17, 15) is 0 Å². The summed E-state index contributed by atoms with van der Waals surface area (Å²) in [5.41, 5.74) is -0.154. The van der Waals surface area contributed by atoms with Gasteiger partial charge in [0.15, 0.2) is 0 Å². The summed E-state index contributed by atoms with van der Waals surface area (Å²) in [7, 11) is 0. The van der Waals surface area contributed by atoms with Gasteiger partial charge in [0.2, 0.25) is 0 Å². The van der Waals surface area contributed by atoms with Crippen molar-refractivity contribution in [3.63, 3.8) is 0 Å². The van der Waals surface area contributed by atoms with Crippen LogP contribution >= 0.6 is 0 Å². The van der Waals surface area contributed by atoms with E-state index in [1.54, 1.807) is 10.9 Å². The van der Waals surface area contributed by atoms with Crippen LogP contribution < -0.4 is 0 Å². The summed E-state index contributed by atoms with van der Waals surface area (Å²) in [6, 6.07) is 0. The average molecular weight is 239 g/mol. The van der Waals surface area contributed by atoms with Crippen molar-refractivity contribution in [1.29, 1.82) is 0 Å². The molecular formula is C13H23N3O. The SMILES string of the molecule is C#CCOC(C)(C)C.[3H]c1cn(C(C)(C)C)nn1. The first-order valence-electron chi connectivity index (χ1n) is 6.03. The molecule has 0 aliphatic rings. The molecule has 0 unspecified atom stereocenters. The van der Waals surface area contributed by atoms with Gasteiger partial charge in [-0.3, -0.25) is 0 Å². The quantitative estimate of drug-likeness (QED) is 0.707. The summed E-state index contributed by atoms with van der Waals surface area (Å²) >= 11 is 0. The van der Waals surface area contributed by atoms with Crippen LogP contribution in [0.4, 0.5) is 0 Å². The standard InChI is InChI=1S/C7H12O.C6H11N3/c1-5-6-8-7(2,3)4;1-6(2,3)9-5-4-7-8-9/h1H,6H2,2-4H3;4-5H,1-3H3/i;4T. The number of ether oxygens (including phenoxy) is 1. The molecule has 0 bridgehead atoms. The lowest BCUT2D eigenvalue weighted by Crippen LogP contribution is -2.22. The molecule has 0 saturated carbocycles. The van der Waals surface area contributed by atoms with E-state index in [2.05, 4.69) is 16.2 Å². The van der Waals surface area contributed by atoms with Crippen LogP contribution in [0.5, 0.6) is 0 Å². The Morgan fingerprint density at radius 2 is 1.94 bits per heavy atom.